The Kier molecular flexibility index (Phi) is 5.15. The van der Waals surface area contributed by atoms with Crippen molar-refractivity contribution in [3.05, 3.63) is 42.5 Å². The summed E-state index contributed by atoms with van der Waals surface area (Å²) in [6.07, 6.45) is -5.91. The summed E-state index contributed by atoms with van der Waals surface area (Å²) < 4.78 is 15.7. The number of rotatable bonds is 4. The van der Waals surface area contributed by atoms with Crippen LogP contribution in [0.15, 0.2) is 42.5 Å². The van der Waals surface area contributed by atoms with Crippen molar-refractivity contribution in [3.8, 4) is 5.75 Å². The van der Waals surface area contributed by atoms with Gasteiger partial charge in [-0.25, -0.2) is 0 Å². The monoisotopic (exact) mass is 384 g/mol. The second kappa shape index (κ2) is 7.12. The van der Waals surface area contributed by atoms with Crippen molar-refractivity contribution in [1.82, 2.24) is 0 Å². The third kappa shape index (κ3) is 3.35. The minimum absolute atomic E-state index is 0.0176. The van der Waals surface area contributed by atoms with E-state index in [0.29, 0.717) is 5.75 Å². The molecule has 0 unspecified atom stereocenters. The summed E-state index contributed by atoms with van der Waals surface area (Å²) in [5.74, 6) is 0.497. The number of hydrogen-bond acceptors (Lipinski definition) is 6. The fraction of sp³-hybridized carbons (Fsp3) is 0.375. The van der Waals surface area contributed by atoms with E-state index in [-0.39, 0.29) is 6.61 Å². The Morgan fingerprint density at radius 2 is 1.74 bits per heavy atom. The molecule has 0 bridgehead atoms. The van der Waals surface area contributed by atoms with Gasteiger partial charge >= 0.3 is 0 Å². The van der Waals surface area contributed by atoms with Crippen LogP contribution < -0.4 is 4.74 Å². The Morgan fingerprint density at radius 1 is 1.00 bits per heavy atom. The van der Waals surface area contributed by atoms with Gasteiger partial charge in [-0.05, 0) is 11.5 Å². The second-order valence-electron chi connectivity index (χ2n) is 5.38. The van der Waals surface area contributed by atoms with Crippen LogP contribution in [0.1, 0.15) is 0 Å². The Labute approximate surface area is 141 Å². The first-order valence-electron chi connectivity index (χ1n) is 7.19. The molecule has 124 valence electrons. The number of aliphatic hydroxyl groups excluding tert-OH is 3. The summed E-state index contributed by atoms with van der Waals surface area (Å²) in [6.45, 7) is -0.0176. The van der Waals surface area contributed by atoms with E-state index in [4.69, 9.17) is 13.3 Å². The Balaban J connectivity index is 1.84. The fourth-order valence-electron chi connectivity index (χ4n) is 2.69. The highest BCUT2D eigenvalue weighted by molar-refractivity contribution is 9.06. The Morgan fingerprint density at radius 3 is 2.52 bits per heavy atom. The largest absolute Gasteiger partial charge is 0.482 e. The molecule has 0 spiro atoms. The van der Waals surface area contributed by atoms with Crippen molar-refractivity contribution in [1.29, 1.82) is 0 Å². The zero-order chi connectivity index (χ0) is 16.4. The van der Waals surface area contributed by atoms with Crippen molar-refractivity contribution < 1.29 is 28.6 Å². The number of aliphatic hydroxyl groups is 3. The summed E-state index contributed by atoms with van der Waals surface area (Å²) >= 11 is 2.76. The average Bonchev–Trinajstić information content (AvgIpc) is 2.56. The van der Waals surface area contributed by atoms with Crippen LogP contribution in [0.2, 0.25) is 0 Å². The first-order chi connectivity index (χ1) is 11.1. The SMILES string of the molecule is O[C@@H]1[C@H](O)[C@@H](Oc2cccc3ccccc23)[C@@H](O)O[C@@H]1COBr. The third-order valence-electron chi connectivity index (χ3n) is 3.90. The lowest BCUT2D eigenvalue weighted by atomic mass is 9.99. The quantitative estimate of drug-likeness (QED) is 0.737. The highest BCUT2D eigenvalue weighted by atomic mass is 79.9. The van der Waals surface area contributed by atoms with Gasteiger partial charge in [-0.3, -0.25) is 0 Å². The van der Waals surface area contributed by atoms with Crippen LogP contribution in [0, 0.1) is 0 Å². The smallest absolute Gasteiger partial charge is 0.195 e. The van der Waals surface area contributed by atoms with Crippen LogP contribution in [0.3, 0.4) is 0 Å². The van der Waals surface area contributed by atoms with Gasteiger partial charge in [0.05, 0.1) is 22.9 Å². The van der Waals surface area contributed by atoms with Crippen molar-refractivity contribution in [2.45, 2.75) is 30.7 Å². The van der Waals surface area contributed by atoms with Crippen LogP contribution in [0.4, 0.5) is 0 Å². The van der Waals surface area contributed by atoms with Gasteiger partial charge in [0.25, 0.3) is 0 Å². The summed E-state index contributed by atoms with van der Waals surface area (Å²) in [5, 5.41) is 32.2. The van der Waals surface area contributed by atoms with Crippen LogP contribution in [0.5, 0.6) is 5.75 Å². The molecule has 6 nitrogen and oxygen atoms in total. The van der Waals surface area contributed by atoms with E-state index in [1.165, 1.54) is 0 Å². The van der Waals surface area contributed by atoms with Gasteiger partial charge in [0, 0.05) is 5.39 Å². The van der Waals surface area contributed by atoms with Gasteiger partial charge < -0.3 is 28.6 Å². The minimum atomic E-state index is -1.39. The van der Waals surface area contributed by atoms with E-state index in [2.05, 4.69) is 16.3 Å². The standard InChI is InChI=1S/C16H17BrO6/c17-21-8-12-13(18)14(19)15(16(20)23-12)22-11-7-3-5-9-4-1-2-6-10(9)11/h1-7,12-16,18-20H,8H2/t12-,13+,14+,15-,16+/m1/s1. The minimum Gasteiger partial charge on any atom is -0.482 e. The lowest BCUT2D eigenvalue weighted by Gasteiger charge is -2.40. The fourth-order valence-corrected chi connectivity index (χ4v) is 2.95. The first kappa shape index (κ1) is 16.6. The molecule has 1 aliphatic rings. The molecule has 0 saturated carbocycles. The highest BCUT2D eigenvalue weighted by Crippen LogP contribution is 2.30. The summed E-state index contributed by atoms with van der Waals surface area (Å²) in [4.78, 5) is 0. The topological polar surface area (TPSA) is 88.4 Å². The van der Waals surface area contributed by atoms with E-state index in [1.54, 1.807) is 6.07 Å². The molecule has 7 heteroatoms. The van der Waals surface area contributed by atoms with Crippen molar-refractivity contribution in [2.24, 2.45) is 0 Å². The molecule has 2 aromatic rings. The molecular formula is C16H17BrO6. The molecule has 0 aliphatic carbocycles. The molecular weight excluding hydrogens is 368 g/mol. The van der Waals surface area contributed by atoms with Gasteiger partial charge in [0.15, 0.2) is 12.4 Å². The summed E-state index contributed by atoms with van der Waals surface area (Å²) in [6, 6.07) is 13.1. The molecule has 0 amide bonds. The zero-order valence-corrected chi connectivity index (χ0v) is 13.7. The van der Waals surface area contributed by atoms with Gasteiger partial charge in [0.1, 0.15) is 24.1 Å². The van der Waals surface area contributed by atoms with E-state index < -0.39 is 30.7 Å². The number of hydrogen-bond donors (Lipinski definition) is 3. The highest BCUT2D eigenvalue weighted by Gasteiger charge is 2.45. The molecule has 1 saturated heterocycles. The normalized spacial score (nSPS) is 31.2. The maximum atomic E-state index is 10.3. The van der Waals surface area contributed by atoms with E-state index in [1.807, 2.05) is 36.4 Å². The molecule has 23 heavy (non-hydrogen) atoms. The van der Waals surface area contributed by atoms with Gasteiger partial charge in [-0.15, -0.1) is 0 Å². The first-order valence-corrected chi connectivity index (χ1v) is 7.84. The van der Waals surface area contributed by atoms with Gasteiger partial charge in [-0.1, -0.05) is 36.4 Å². The van der Waals surface area contributed by atoms with Crippen molar-refractivity contribution >= 4 is 27.0 Å². The van der Waals surface area contributed by atoms with Crippen LogP contribution in [-0.4, -0.2) is 52.6 Å². The van der Waals surface area contributed by atoms with Crippen LogP contribution in [0.25, 0.3) is 10.8 Å². The molecule has 3 rings (SSSR count). The summed E-state index contributed by atoms with van der Waals surface area (Å²) in [5.41, 5.74) is 0. The van der Waals surface area contributed by atoms with Crippen LogP contribution in [-0.2, 0) is 8.57 Å². The second-order valence-corrected chi connectivity index (χ2v) is 5.84. The lowest BCUT2D eigenvalue weighted by molar-refractivity contribution is -0.278. The lowest BCUT2D eigenvalue weighted by Crippen LogP contribution is -2.60. The number of fused-ring (bicyclic) bond motifs is 1. The average molecular weight is 385 g/mol. The molecule has 1 aliphatic heterocycles. The molecule has 1 fully saturated rings. The predicted molar refractivity (Wildman–Crippen MR) is 86.1 cm³/mol. The maximum Gasteiger partial charge on any atom is 0.195 e. The van der Waals surface area contributed by atoms with E-state index in [0.717, 1.165) is 10.8 Å². The van der Waals surface area contributed by atoms with Gasteiger partial charge in [-0.2, -0.15) is 0 Å². The zero-order valence-electron chi connectivity index (χ0n) is 12.1. The van der Waals surface area contributed by atoms with Gasteiger partial charge in [0.2, 0.25) is 0 Å². The molecule has 3 N–H and O–H groups in total. The van der Waals surface area contributed by atoms with E-state index in [9.17, 15) is 15.3 Å². The van der Waals surface area contributed by atoms with Crippen molar-refractivity contribution in [2.75, 3.05) is 6.61 Å². The molecule has 1 heterocycles. The summed E-state index contributed by atoms with van der Waals surface area (Å²) in [7, 11) is 0. The molecule has 2 aromatic carbocycles. The Bertz CT molecular complexity index is 661. The van der Waals surface area contributed by atoms with E-state index >= 15 is 0 Å². The number of benzene rings is 2. The molecule has 5 atom stereocenters. The number of halogens is 1. The predicted octanol–water partition coefficient (Wildman–Crippen LogP) is 1.35. The number of ether oxygens (including phenoxy) is 2. The van der Waals surface area contributed by atoms with Crippen molar-refractivity contribution in [3.63, 3.8) is 0 Å². The Hall–Kier alpha value is -1.22. The molecule has 0 radical (unpaired) electrons. The maximum absolute atomic E-state index is 10.3. The van der Waals surface area contributed by atoms with Crippen LogP contribution >= 0.6 is 16.3 Å². The molecule has 0 aromatic heterocycles. The third-order valence-corrected chi connectivity index (χ3v) is 4.17.